The molecule has 0 radical (unpaired) electrons. The summed E-state index contributed by atoms with van der Waals surface area (Å²) in [5, 5.41) is 12.9. The molecule has 3 aromatic carbocycles. The largest absolute Gasteiger partial charge is 0.488 e. The zero-order valence-electron chi connectivity index (χ0n) is 23.5. The third-order valence-corrected chi connectivity index (χ3v) is 8.73. The topological polar surface area (TPSA) is 88.0 Å². The molecular weight excluding hydrogens is 532 g/mol. The minimum Gasteiger partial charge on any atom is -0.488 e. The van der Waals surface area contributed by atoms with Crippen LogP contribution in [0.5, 0.6) is 5.75 Å². The summed E-state index contributed by atoms with van der Waals surface area (Å²) < 4.78 is 6.09. The normalized spacial score (nSPS) is 15.0. The minimum atomic E-state index is -0.958. The Morgan fingerprint density at radius 2 is 1.73 bits per heavy atom. The molecule has 0 spiro atoms. The fourth-order valence-electron chi connectivity index (χ4n) is 5.10. The van der Waals surface area contributed by atoms with Gasteiger partial charge < -0.3 is 15.2 Å². The molecule has 0 saturated carbocycles. The molecule has 0 unspecified atom stereocenters. The van der Waals surface area contributed by atoms with Crippen LogP contribution in [0.3, 0.4) is 0 Å². The van der Waals surface area contributed by atoms with E-state index < -0.39 is 5.97 Å². The maximum absolute atomic E-state index is 13.6. The van der Waals surface area contributed by atoms with Gasteiger partial charge in [-0.05, 0) is 78.1 Å². The number of para-hydroxylation sites is 2. The van der Waals surface area contributed by atoms with E-state index in [-0.39, 0.29) is 23.5 Å². The smallest absolute Gasteiger partial charge is 0.335 e. The van der Waals surface area contributed by atoms with Gasteiger partial charge in [-0.15, -0.1) is 11.3 Å². The number of thiophene rings is 1. The molecule has 1 aromatic heterocycles. The molecule has 5 rings (SSSR count). The summed E-state index contributed by atoms with van der Waals surface area (Å²) in [7, 11) is 0. The summed E-state index contributed by atoms with van der Waals surface area (Å²) in [6.07, 6.45) is 4.62. The Hall–Kier alpha value is -4.23. The van der Waals surface area contributed by atoms with E-state index in [1.165, 1.54) is 4.88 Å². The Bertz CT molecular complexity index is 1570. The van der Waals surface area contributed by atoms with Crippen molar-refractivity contribution in [2.75, 3.05) is 5.32 Å². The lowest BCUT2D eigenvalue weighted by molar-refractivity contribution is 0.0696. The lowest BCUT2D eigenvalue weighted by atomic mass is 9.72. The first-order valence-electron chi connectivity index (χ1n) is 13.8. The summed E-state index contributed by atoms with van der Waals surface area (Å²) in [5.41, 5.74) is 4.62. The second kappa shape index (κ2) is 12.1. The van der Waals surface area contributed by atoms with Crippen molar-refractivity contribution in [1.82, 2.24) is 0 Å². The number of nitrogens with zero attached hydrogens (tertiary/aromatic N) is 1. The quantitative estimate of drug-likeness (QED) is 0.211. The van der Waals surface area contributed by atoms with Crippen molar-refractivity contribution in [3.63, 3.8) is 0 Å². The Labute approximate surface area is 244 Å². The third kappa shape index (κ3) is 6.74. The minimum absolute atomic E-state index is 0.135. The first-order valence-corrected chi connectivity index (χ1v) is 14.6. The van der Waals surface area contributed by atoms with Crippen molar-refractivity contribution in [2.24, 2.45) is 16.3 Å². The number of carbonyl (C=O) groups excluding carboxylic acids is 1. The van der Waals surface area contributed by atoms with Crippen LogP contribution in [-0.4, -0.2) is 23.2 Å². The monoisotopic (exact) mass is 566 g/mol. The van der Waals surface area contributed by atoms with E-state index in [1.54, 1.807) is 41.8 Å². The zero-order chi connectivity index (χ0) is 29.0. The number of carboxylic acids is 1. The second-order valence-corrected chi connectivity index (χ2v) is 12.5. The van der Waals surface area contributed by atoms with Crippen molar-refractivity contribution < 1.29 is 19.4 Å². The summed E-state index contributed by atoms with van der Waals surface area (Å²) in [6, 6.07) is 23.8. The number of carbonyl (C=O) groups is 2. The molecule has 0 saturated heterocycles. The molecule has 0 aliphatic heterocycles. The average molecular weight is 567 g/mol. The number of aliphatic imine (C=N–C) groups is 1. The van der Waals surface area contributed by atoms with Crippen molar-refractivity contribution >= 4 is 40.1 Å². The predicted molar refractivity (Wildman–Crippen MR) is 165 cm³/mol. The lowest BCUT2D eigenvalue weighted by Gasteiger charge is -2.33. The molecule has 0 fully saturated rings. The number of nitrogens with one attached hydrogen (secondary N) is 1. The van der Waals surface area contributed by atoms with Crippen LogP contribution in [-0.2, 0) is 19.4 Å². The number of amides is 1. The predicted octanol–water partition coefficient (Wildman–Crippen LogP) is 8.18. The molecule has 1 aliphatic rings. The highest BCUT2D eigenvalue weighted by atomic mass is 32.1. The molecule has 2 N–H and O–H groups in total. The number of hydrogen-bond acceptors (Lipinski definition) is 5. The Balaban J connectivity index is 1.42. The highest BCUT2D eigenvalue weighted by Crippen LogP contribution is 2.45. The molecule has 7 heteroatoms. The van der Waals surface area contributed by atoms with Crippen molar-refractivity contribution in [3.05, 3.63) is 112 Å². The molecule has 1 atom stereocenters. The number of anilines is 1. The number of fused-ring (bicyclic) bond motifs is 1. The van der Waals surface area contributed by atoms with Gasteiger partial charge in [-0.2, -0.15) is 0 Å². The molecule has 1 amide bonds. The molecule has 1 aliphatic carbocycles. The van der Waals surface area contributed by atoms with Gasteiger partial charge in [0.05, 0.1) is 11.1 Å². The molecule has 41 heavy (non-hydrogen) atoms. The van der Waals surface area contributed by atoms with Gasteiger partial charge in [0.1, 0.15) is 17.4 Å². The van der Waals surface area contributed by atoms with Crippen molar-refractivity contribution in [2.45, 2.75) is 46.6 Å². The fourth-order valence-corrected chi connectivity index (χ4v) is 6.37. The van der Waals surface area contributed by atoms with E-state index >= 15 is 0 Å². The van der Waals surface area contributed by atoms with Gasteiger partial charge in [0, 0.05) is 22.3 Å². The number of aromatic carboxylic acids is 1. The molecule has 0 bridgehead atoms. The van der Waals surface area contributed by atoms with E-state index in [0.717, 1.165) is 41.6 Å². The Morgan fingerprint density at radius 3 is 2.44 bits per heavy atom. The van der Waals surface area contributed by atoms with Crippen molar-refractivity contribution in [1.29, 1.82) is 0 Å². The number of carboxylic acid groups (broad SMARTS) is 1. The second-order valence-electron chi connectivity index (χ2n) is 11.4. The molecule has 6 nitrogen and oxygen atoms in total. The standard InChI is InChI=1S/C34H34N2O4S/c1-34(2,3)25-17-18-27-29(19-25)41-32(30(27)31(37)36-26-10-5-4-6-11-26)35-20-24-9-7-8-12-28(24)40-21-22-13-15-23(16-14-22)33(38)39/h4-16,20,25H,17-19,21H2,1-3H3,(H,36,37)(H,38,39)/t25-/m0/s1. The van der Waals surface area contributed by atoms with E-state index in [4.69, 9.17) is 14.8 Å². The Morgan fingerprint density at radius 1 is 1.02 bits per heavy atom. The molecule has 1 heterocycles. The zero-order valence-corrected chi connectivity index (χ0v) is 24.3. The summed E-state index contributed by atoms with van der Waals surface area (Å²) in [6.45, 7) is 7.15. The van der Waals surface area contributed by atoms with Gasteiger partial charge in [0.2, 0.25) is 0 Å². The maximum Gasteiger partial charge on any atom is 0.335 e. The van der Waals surface area contributed by atoms with Gasteiger partial charge in [-0.1, -0.05) is 63.2 Å². The van der Waals surface area contributed by atoms with Crippen LogP contribution < -0.4 is 10.1 Å². The van der Waals surface area contributed by atoms with E-state index in [1.807, 2.05) is 54.6 Å². The molecular formula is C34H34N2O4S. The lowest BCUT2D eigenvalue weighted by Crippen LogP contribution is -2.27. The molecule has 4 aromatic rings. The van der Waals surface area contributed by atoms with Crippen LogP contribution in [0.1, 0.15) is 69.5 Å². The van der Waals surface area contributed by atoms with E-state index in [9.17, 15) is 9.59 Å². The summed E-state index contributed by atoms with van der Waals surface area (Å²) in [4.78, 5) is 30.9. The summed E-state index contributed by atoms with van der Waals surface area (Å²) in [5.74, 6) is 0.113. The van der Waals surface area contributed by atoms with Gasteiger partial charge in [-0.3, -0.25) is 4.79 Å². The van der Waals surface area contributed by atoms with Gasteiger partial charge >= 0.3 is 5.97 Å². The Kier molecular flexibility index (Phi) is 8.36. The number of ether oxygens (including phenoxy) is 1. The van der Waals surface area contributed by atoms with Crippen LogP contribution >= 0.6 is 11.3 Å². The first kappa shape index (κ1) is 28.3. The van der Waals surface area contributed by atoms with Gasteiger partial charge in [0.25, 0.3) is 5.91 Å². The third-order valence-electron chi connectivity index (χ3n) is 7.57. The highest BCUT2D eigenvalue weighted by molar-refractivity contribution is 7.16. The van der Waals surface area contributed by atoms with E-state index in [2.05, 4.69) is 26.1 Å². The highest BCUT2D eigenvalue weighted by Gasteiger charge is 2.33. The maximum atomic E-state index is 13.6. The van der Waals surface area contributed by atoms with Gasteiger partial charge in [0.15, 0.2) is 0 Å². The van der Waals surface area contributed by atoms with Crippen LogP contribution in [0.25, 0.3) is 0 Å². The first-order chi connectivity index (χ1) is 19.7. The number of rotatable bonds is 8. The number of benzene rings is 3. The van der Waals surface area contributed by atoms with Crippen LogP contribution in [0.4, 0.5) is 10.7 Å². The van der Waals surface area contributed by atoms with Crippen LogP contribution in [0, 0.1) is 11.3 Å². The van der Waals surface area contributed by atoms with Crippen molar-refractivity contribution in [3.8, 4) is 5.75 Å². The number of hydrogen-bond donors (Lipinski definition) is 2. The fraction of sp³-hybridized carbons (Fsp3) is 0.265. The van der Waals surface area contributed by atoms with Crippen LogP contribution in [0.15, 0.2) is 83.9 Å². The SMILES string of the molecule is CC(C)(C)[C@H]1CCc2c(sc(N=Cc3ccccc3OCc3ccc(C(=O)O)cc3)c2C(=O)Nc2ccccc2)C1. The average Bonchev–Trinajstić information content (AvgIpc) is 3.33. The summed E-state index contributed by atoms with van der Waals surface area (Å²) >= 11 is 1.61. The van der Waals surface area contributed by atoms with Crippen LogP contribution in [0.2, 0.25) is 0 Å². The van der Waals surface area contributed by atoms with E-state index in [0.29, 0.717) is 22.2 Å². The van der Waals surface area contributed by atoms with Gasteiger partial charge in [-0.25, -0.2) is 9.79 Å². The molecule has 210 valence electrons.